The summed E-state index contributed by atoms with van der Waals surface area (Å²) in [4.78, 5) is 59.6. The minimum atomic E-state index is -1.53. The van der Waals surface area contributed by atoms with Gasteiger partial charge in [0.15, 0.2) is 0 Å². The van der Waals surface area contributed by atoms with Gasteiger partial charge in [0, 0.05) is 39.4 Å². The number of benzene rings is 3. The second kappa shape index (κ2) is 9.02. The third-order valence-corrected chi connectivity index (χ3v) is 8.87. The highest BCUT2D eigenvalue weighted by atomic mass is 35.5. The number of hydrogen-bond donors (Lipinski definition) is 3. The van der Waals surface area contributed by atoms with Crippen LogP contribution in [0, 0.1) is 18.8 Å². The van der Waals surface area contributed by atoms with Gasteiger partial charge in [-0.1, -0.05) is 41.9 Å². The third kappa shape index (κ3) is 3.45. The SMILES string of the molecule is COC(=O)c1ccccc1N1C(=O)[C@@H]2[C@H](Cc3c[nH]c4ccccc34)N[C@@]3(C(=O)Nc4c(C)cc(Cl)cc43)[C@@H]2C1=O. The minimum absolute atomic E-state index is 0.0852. The second-order valence-electron chi connectivity index (χ2n) is 10.7. The topological polar surface area (TPSA) is 121 Å². The first kappa shape index (κ1) is 25.5. The van der Waals surface area contributed by atoms with Crippen LogP contribution in [0.5, 0.6) is 0 Å². The molecule has 1 aromatic heterocycles. The molecule has 3 aliphatic rings. The van der Waals surface area contributed by atoms with Gasteiger partial charge in [-0.25, -0.2) is 9.69 Å². The standard InChI is InChI=1S/C31H25ClN4O5/c1-15-11-17(32)13-20-26(15)34-30(40)31(20)25-24(22(35-31)12-16-14-33-21-9-5-3-7-18(16)21)27(37)36(28(25)38)23-10-6-4-8-19(23)29(39)41-2/h3-11,13-14,22,24-25,33,35H,12H2,1-2H3,(H,34,40)/t22-,24+,25-,31+/m0/s1. The fourth-order valence-corrected chi connectivity index (χ4v) is 7.21. The van der Waals surface area contributed by atoms with Crippen molar-refractivity contribution in [3.8, 4) is 0 Å². The van der Waals surface area contributed by atoms with Crippen LogP contribution in [0.4, 0.5) is 11.4 Å². The van der Waals surface area contributed by atoms with Crippen LogP contribution in [0.15, 0.2) is 66.9 Å². The number of fused-ring (bicyclic) bond motifs is 5. The zero-order valence-corrected chi connectivity index (χ0v) is 22.9. The molecule has 41 heavy (non-hydrogen) atoms. The number of methoxy groups -OCH3 is 1. The molecule has 4 heterocycles. The average Bonchev–Trinajstić information content (AvgIpc) is 3.68. The van der Waals surface area contributed by atoms with E-state index in [1.54, 1.807) is 30.3 Å². The molecule has 3 N–H and O–H groups in total. The van der Waals surface area contributed by atoms with E-state index in [9.17, 15) is 19.2 Å². The van der Waals surface area contributed by atoms with Crippen molar-refractivity contribution in [1.82, 2.24) is 10.3 Å². The molecule has 0 saturated carbocycles. The van der Waals surface area contributed by atoms with E-state index in [0.29, 0.717) is 22.7 Å². The number of hydrogen-bond acceptors (Lipinski definition) is 6. The first-order valence-electron chi connectivity index (χ1n) is 13.3. The molecule has 0 radical (unpaired) electrons. The van der Waals surface area contributed by atoms with Crippen molar-refractivity contribution < 1.29 is 23.9 Å². The zero-order valence-electron chi connectivity index (χ0n) is 22.2. The van der Waals surface area contributed by atoms with Gasteiger partial charge in [0.2, 0.25) is 17.7 Å². The van der Waals surface area contributed by atoms with E-state index in [1.807, 2.05) is 37.4 Å². The van der Waals surface area contributed by atoms with Crippen LogP contribution in [0.1, 0.15) is 27.0 Å². The number of halogens is 1. The highest BCUT2D eigenvalue weighted by molar-refractivity contribution is 6.31. The number of aryl methyl sites for hydroxylation is 1. The molecule has 4 atom stereocenters. The lowest BCUT2D eigenvalue weighted by molar-refractivity contribution is -0.130. The van der Waals surface area contributed by atoms with Crippen molar-refractivity contribution in [3.05, 3.63) is 94.1 Å². The van der Waals surface area contributed by atoms with Crippen LogP contribution in [0.3, 0.4) is 0 Å². The van der Waals surface area contributed by atoms with Crippen molar-refractivity contribution >= 4 is 57.6 Å². The molecule has 0 bridgehead atoms. The van der Waals surface area contributed by atoms with E-state index >= 15 is 0 Å². The number of nitrogens with one attached hydrogen (secondary N) is 3. The van der Waals surface area contributed by atoms with Crippen molar-refractivity contribution in [2.45, 2.75) is 24.9 Å². The summed E-state index contributed by atoms with van der Waals surface area (Å²) in [6.45, 7) is 1.83. The fraction of sp³-hybridized carbons (Fsp3) is 0.226. The smallest absolute Gasteiger partial charge is 0.339 e. The number of esters is 1. The fourth-order valence-electron chi connectivity index (χ4n) is 6.93. The van der Waals surface area contributed by atoms with Crippen LogP contribution in [0.2, 0.25) is 5.02 Å². The summed E-state index contributed by atoms with van der Waals surface area (Å²) in [5.74, 6) is -4.10. The molecule has 3 amide bonds. The first-order valence-corrected chi connectivity index (χ1v) is 13.6. The Morgan fingerprint density at radius 1 is 1.05 bits per heavy atom. The number of H-pyrrole nitrogens is 1. The van der Waals surface area contributed by atoms with Gasteiger partial charge in [0.05, 0.1) is 30.2 Å². The van der Waals surface area contributed by atoms with Gasteiger partial charge < -0.3 is 15.0 Å². The number of rotatable bonds is 4. The Kier molecular flexibility index (Phi) is 5.61. The number of carbonyl (C=O) groups excluding carboxylic acids is 4. The predicted octanol–water partition coefficient (Wildman–Crippen LogP) is 4.08. The number of nitrogens with zero attached hydrogens (tertiary/aromatic N) is 1. The summed E-state index contributed by atoms with van der Waals surface area (Å²) in [6, 6.07) is 17.0. The van der Waals surface area contributed by atoms with Gasteiger partial charge in [-0.2, -0.15) is 0 Å². The van der Waals surface area contributed by atoms with Crippen molar-refractivity contribution in [2.75, 3.05) is 17.3 Å². The number of aromatic nitrogens is 1. The van der Waals surface area contributed by atoms with Gasteiger partial charge in [0.1, 0.15) is 5.54 Å². The molecule has 0 aliphatic carbocycles. The summed E-state index contributed by atoms with van der Waals surface area (Å²) in [5.41, 5.74) is 2.44. The highest BCUT2D eigenvalue weighted by Gasteiger charge is 2.71. The van der Waals surface area contributed by atoms with E-state index in [1.165, 1.54) is 13.2 Å². The lowest BCUT2D eigenvalue weighted by Gasteiger charge is -2.30. The number of anilines is 2. The molecule has 9 nitrogen and oxygen atoms in total. The second-order valence-corrected chi connectivity index (χ2v) is 11.2. The maximum atomic E-state index is 14.4. The Balaban J connectivity index is 1.41. The van der Waals surface area contributed by atoms with E-state index in [0.717, 1.165) is 26.9 Å². The molecule has 10 heteroatoms. The monoisotopic (exact) mass is 568 g/mol. The molecule has 7 rings (SSSR count). The molecule has 2 saturated heterocycles. The molecule has 1 spiro atoms. The quantitative estimate of drug-likeness (QED) is 0.252. The lowest BCUT2D eigenvalue weighted by atomic mass is 9.76. The molecule has 206 valence electrons. The number of imide groups is 1. The predicted molar refractivity (Wildman–Crippen MR) is 153 cm³/mol. The van der Waals surface area contributed by atoms with Crippen LogP contribution in [0.25, 0.3) is 10.9 Å². The van der Waals surface area contributed by atoms with E-state index < -0.39 is 47.1 Å². The molecule has 0 unspecified atom stereocenters. The maximum Gasteiger partial charge on any atom is 0.339 e. The van der Waals surface area contributed by atoms with Crippen LogP contribution in [-0.4, -0.2) is 41.8 Å². The maximum absolute atomic E-state index is 14.4. The number of carbonyl (C=O) groups is 4. The molecular formula is C31H25ClN4O5. The Labute approximate surface area is 239 Å². The number of aromatic amines is 1. The van der Waals surface area contributed by atoms with Crippen molar-refractivity contribution in [3.63, 3.8) is 0 Å². The number of para-hydroxylation sites is 2. The van der Waals surface area contributed by atoms with Crippen LogP contribution in [-0.2, 0) is 31.1 Å². The Hall–Kier alpha value is -4.47. The summed E-state index contributed by atoms with van der Waals surface area (Å²) in [7, 11) is 1.24. The molecular weight excluding hydrogens is 544 g/mol. The van der Waals surface area contributed by atoms with Crippen molar-refractivity contribution in [2.24, 2.45) is 11.8 Å². The van der Waals surface area contributed by atoms with Gasteiger partial charge in [0.25, 0.3) is 0 Å². The lowest BCUT2D eigenvalue weighted by Crippen LogP contribution is -2.53. The van der Waals surface area contributed by atoms with Gasteiger partial charge in [-0.3, -0.25) is 19.7 Å². The Morgan fingerprint density at radius 2 is 1.80 bits per heavy atom. The molecule has 2 fully saturated rings. The zero-order chi connectivity index (χ0) is 28.6. The minimum Gasteiger partial charge on any atom is -0.465 e. The number of amides is 3. The normalized spacial score (nSPS) is 24.7. The van der Waals surface area contributed by atoms with Crippen LogP contribution < -0.4 is 15.5 Å². The summed E-state index contributed by atoms with van der Waals surface area (Å²) < 4.78 is 4.93. The number of ether oxygens (including phenoxy) is 1. The molecule has 4 aromatic rings. The summed E-state index contributed by atoms with van der Waals surface area (Å²) >= 11 is 6.47. The summed E-state index contributed by atoms with van der Waals surface area (Å²) in [6.07, 6.45) is 2.27. The largest absolute Gasteiger partial charge is 0.465 e. The van der Waals surface area contributed by atoms with Gasteiger partial charge in [-0.15, -0.1) is 0 Å². The van der Waals surface area contributed by atoms with Gasteiger partial charge >= 0.3 is 5.97 Å². The first-order chi connectivity index (χ1) is 19.8. The summed E-state index contributed by atoms with van der Waals surface area (Å²) in [5, 5.41) is 7.83. The molecule has 3 aliphatic heterocycles. The van der Waals surface area contributed by atoms with Crippen LogP contribution >= 0.6 is 11.6 Å². The Morgan fingerprint density at radius 3 is 2.61 bits per heavy atom. The van der Waals surface area contributed by atoms with Crippen molar-refractivity contribution in [1.29, 1.82) is 0 Å². The molecule has 3 aromatic carbocycles. The average molecular weight is 569 g/mol. The third-order valence-electron chi connectivity index (χ3n) is 8.65. The van der Waals surface area contributed by atoms with Gasteiger partial charge in [-0.05, 0) is 54.8 Å². The van der Waals surface area contributed by atoms with E-state index in [2.05, 4.69) is 15.6 Å². The Bertz CT molecular complexity index is 1820. The van der Waals surface area contributed by atoms with E-state index in [-0.39, 0.29) is 11.3 Å². The van der Waals surface area contributed by atoms with E-state index in [4.69, 9.17) is 16.3 Å². The highest BCUT2D eigenvalue weighted by Crippen LogP contribution is 2.55.